The van der Waals surface area contributed by atoms with Gasteiger partial charge in [0.2, 0.25) is 9.05 Å². The molecule has 1 aromatic rings. The van der Waals surface area contributed by atoms with Crippen LogP contribution in [0.5, 0.6) is 0 Å². The SMILES string of the molecule is CCS(=O)(=O)c1ccccc1S(=O)(=O)CCS(=O)(=O)Cl. The summed E-state index contributed by atoms with van der Waals surface area (Å²) < 4.78 is 69.5. The molecule has 0 heterocycles. The van der Waals surface area contributed by atoms with Gasteiger partial charge in [0.15, 0.2) is 19.7 Å². The summed E-state index contributed by atoms with van der Waals surface area (Å²) in [7, 11) is -6.79. The van der Waals surface area contributed by atoms with Crippen molar-refractivity contribution in [2.45, 2.75) is 16.7 Å². The normalized spacial score (nSPS) is 13.3. The molecule has 20 heavy (non-hydrogen) atoms. The van der Waals surface area contributed by atoms with Crippen LogP contribution < -0.4 is 0 Å². The Labute approximate surface area is 123 Å². The molecule has 0 saturated carbocycles. The van der Waals surface area contributed by atoms with Crippen molar-refractivity contribution in [2.24, 2.45) is 0 Å². The Balaban J connectivity index is 3.34. The first-order valence-corrected chi connectivity index (χ1v) is 11.2. The number of benzene rings is 1. The van der Waals surface area contributed by atoms with Gasteiger partial charge in [0.05, 0.1) is 27.0 Å². The van der Waals surface area contributed by atoms with E-state index in [0.29, 0.717) is 0 Å². The fourth-order valence-electron chi connectivity index (χ4n) is 1.44. The molecular formula is C10H13ClO6S3. The molecule has 10 heteroatoms. The zero-order valence-electron chi connectivity index (χ0n) is 10.5. The van der Waals surface area contributed by atoms with E-state index in [1.165, 1.54) is 25.1 Å². The van der Waals surface area contributed by atoms with Crippen molar-refractivity contribution in [3.8, 4) is 0 Å². The van der Waals surface area contributed by atoms with E-state index >= 15 is 0 Å². The van der Waals surface area contributed by atoms with E-state index in [4.69, 9.17) is 10.7 Å². The summed E-state index contributed by atoms with van der Waals surface area (Å²) in [5.41, 5.74) is 0. The lowest BCUT2D eigenvalue weighted by Crippen LogP contribution is -2.17. The number of rotatable bonds is 6. The summed E-state index contributed by atoms with van der Waals surface area (Å²) in [6.07, 6.45) is 0. The van der Waals surface area contributed by atoms with Crippen molar-refractivity contribution in [3.05, 3.63) is 24.3 Å². The molecule has 1 aromatic carbocycles. The summed E-state index contributed by atoms with van der Waals surface area (Å²) in [5.74, 6) is -1.81. The second-order valence-corrected chi connectivity index (χ2v) is 11.1. The minimum absolute atomic E-state index is 0.257. The van der Waals surface area contributed by atoms with Crippen molar-refractivity contribution >= 4 is 39.4 Å². The van der Waals surface area contributed by atoms with E-state index in [0.717, 1.165) is 6.07 Å². The second-order valence-electron chi connectivity index (χ2n) is 3.91. The molecule has 0 fully saturated rings. The molecule has 1 rings (SSSR count). The standard InChI is InChI=1S/C10H13ClO6S3/c1-2-18(12,13)9-5-3-4-6-10(9)19(14,15)7-8-20(11,16)17/h3-6H,2,7-8H2,1H3. The molecule has 0 N–H and O–H groups in total. The van der Waals surface area contributed by atoms with Crippen LogP contribution in [-0.2, 0) is 28.7 Å². The number of hydrogen-bond donors (Lipinski definition) is 0. The summed E-state index contributed by atoms with van der Waals surface area (Å²) in [5, 5.41) is 0. The summed E-state index contributed by atoms with van der Waals surface area (Å²) in [6, 6.07) is 5.09. The molecule has 0 radical (unpaired) electrons. The topological polar surface area (TPSA) is 102 Å². The van der Waals surface area contributed by atoms with Crippen LogP contribution >= 0.6 is 10.7 Å². The lowest BCUT2D eigenvalue weighted by molar-refractivity contribution is 0.583. The van der Waals surface area contributed by atoms with Gasteiger partial charge < -0.3 is 0 Å². The first kappa shape index (κ1) is 17.4. The summed E-state index contributed by atoms with van der Waals surface area (Å²) in [6.45, 7) is 1.39. The first-order chi connectivity index (χ1) is 8.99. The fraction of sp³-hybridized carbons (Fsp3) is 0.400. The van der Waals surface area contributed by atoms with Gasteiger partial charge >= 0.3 is 0 Å². The van der Waals surface area contributed by atoms with Crippen LogP contribution in [0.2, 0.25) is 0 Å². The molecule has 0 atom stereocenters. The molecule has 0 bridgehead atoms. The fourth-order valence-corrected chi connectivity index (χ4v) is 6.29. The maximum absolute atomic E-state index is 12.1. The van der Waals surface area contributed by atoms with Crippen LogP contribution in [0.3, 0.4) is 0 Å². The molecule has 0 amide bonds. The Bertz CT molecular complexity index is 793. The van der Waals surface area contributed by atoms with Crippen molar-refractivity contribution in [2.75, 3.05) is 17.3 Å². The predicted octanol–water partition coefficient (Wildman–Crippen LogP) is 0.823. The summed E-state index contributed by atoms with van der Waals surface area (Å²) in [4.78, 5) is -0.725. The monoisotopic (exact) mass is 360 g/mol. The predicted molar refractivity (Wildman–Crippen MR) is 75.9 cm³/mol. The van der Waals surface area contributed by atoms with Crippen molar-refractivity contribution < 1.29 is 25.3 Å². The van der Waals surface area contributed by atoms with Crippen molar-refractivity contribution in [1.82, 2.24) is 0 Å². The minimum atomic E-state index is -4.06. The highest BCUT2D eigenvalue weighted by molar-refractivity contribution is 8.14. The first-order valence-electron chi connectivity index (χ1n) is 5.46. The van der Waals surface area contributed by atoms with Gasteiger partial charge in [-0.1, -0.05) is 19.1 Å². The molecular weight excluding hydrogens is 348 g/mol. The smallest absolute Gasteiger partial charge is 0.224 e. The van der Waals surface area contributed by atoms with Crippen LogP contribution in [0.1, 0.15) is 6.92 Å². The van der Waals surface area contributed by atoms with E-state index in [-0.39, 0.29) is 10.6 Å². The van der Waals surface area contributed by atoms with Gasteiger partial charge in [-0.3, -0.25) is 0 Å². The third-order valence-electron chi connectivity index (χ3n) is 2.50. The lowest BCUT2D eigenvalue weighted by Gasteiger charge is -2.09. The van der Waals surface area contributed by atoms with Gasteiger partial charge in [0.1, 0.15) is 0 Å². The Kier molecular flexibility index (Phi) is 5.23. The third-order valence-corrected chi connectivity index (χ3v) is 7.59. The third kappa shape index (κ3) is 4.44. The lowest BCUT2D eigenvalue weighted by atomic mass is 10.4. The van der Waals surface area contributed by atoms with Gasteiger partial charge in [0, 0.05) is 10.7 Å². The van der Waals surface area contributed by atoms with Crippen molar-refractivity contribution in [3.63, 3.8) is 0 Å². The Morgan fingerprint density at radius 2 is 1.30 bits per heavy atom. The molecule has 0 aliphatic rings. The summed E-state index contributed by atoms with van der Waals surface area (Å²) >= 11 is 0. The maximum Gasteiger partial charge on any atom is 0.233 e. The number of sulfone groups is 2. The highest BCUT2D eigenvalue weighted by Gasteiger charge is 2.26. The van der Waals surface area contributed by atoms with Crippen LogP contribution in [0, 0.1) is 0 Å². The average Bonchev–Trinajstić information content (AvgIpc) is 2.36. The molecule has 0 aromatic heterocycles. The van der Waals surface area contributed by atoms with Gasteiger partial charge in [-0.25, -0.2) is 25.3 Å². The van der Waals surface area contributed by atoms with Crippen LogP contribution in [0.4, 0.5) is 0 Å². The molecule has 0 unspecified atom stereocenters. The molecule has 0 saturated heterocycles. The quantitative estimate of drug-likeness (QED) is 0.696. The van der Waals surface area contributed by atoms with Crippen LogP contribution in [-0.4, -0.2) is 42.5 Å². The Morgan fingerprint density at radius 1 is 0.850 bits per heavy atom. The van der Waals surface area contributed by atoms with Crippen molar-refractivity contribution in [1.29, 1.82) is 0 Å². The average molecular weight is 361 g/mol. The van der Waals surface area contributed by atoms with E-state index in [2.05, 4.69) is 0 Å². The van der Waals surface area contributed by atoms with Crippen LogP contribution in [0.25, 0.3) is 0 Å². The van der Waals surface area contributed by atoms with Gasteiger partial charge in [-0.2, -0.15) is 0 Å². The Hall–Kier alpha value is -0.640. The molecule has 0 aliphatic heterocycles. The highest BCUT2D eigenvalue weighted by atomic mass is 35.7. The van der Waals surface area contributed by atoms with Gasteiger partial charge in [0.25, 0.3) is 0 Å². The second kappa shape index (κ2) is 6.00. The number of hydrogen-bond acceptors (Lipinski definition) is 6. The molecule has 0 spiro atoms. The zero-order valence-corrected chi connectivity index (χ0v) is 13.7. The maximum atomic E-state index is 12.1. The van der Waals surface area contributed by atoms with Gasteiger partial charge in [-0.15, -0.1) is 0 Å². The minimum Gasteiger partial charge on any atom is -0.224 e. The van der Waals surface area contributed by atoms with E-state index in [1.54, 1.807) is 0 Å². The highest BCUT2D eigenvalue weighted by Crippen LogP contribution is 2.23. The zero-order chi connectivity index (χ0) is 15.6. The number of halogens is 1. The van der Waals surface area contributed by atoms with E-state index < -0.39 is 45.1 Å². The van der Waals surface area contributed by atoms with E-state index in [9.17, 15) is 25.3 Å². The van der Waals surface area contributed by atoms with E-state index in [1.807, 2.05) is 0 Å². The van der Waals surface area contributed by atoms with Gasteiger partial charge in [-0.05, 0) is 12.1 Å². The Morgan fingerprint density at radius 3 is 1.70 bits per heavy atom. The van der Waals surface area contributed by atoms with Crippen LogP contribution in [0.15, 0.2) is 34.1 Å². The molecule has 114 valence electrons. The molecule has 0 aliphatic carbocycles. The molecule has 6 nitrogen and oxygen atoms in total. The largest absolute Gasteiger partial charge is 0.233 e.